The van der Waals surface area contributed by atoms with Crippen molar-refractivity contribution in [2.24, 2.45) is 0 Å². The van der Waals surface area contributed by atoms with Crippen molar-refractivity contribution in [2.75, 3.05) is 22.5 Å². The van der Waals surface area contributed by atoms with Crippen LogP contribution in [0.15, 0.2) is 53.4 Å². The first kappa shape index (κ1) is 23.1. The second kappa shape index (κ2) is 9.40. The summed E-state index contributed by atoms with van der Waals surface area (Å²) >= 11 is 1.16. The van der Waals surface area contributed by atoms with Crippen LogP contribution in [-0.2, 0) is 25.8 Å². The van der Waals surface area contributed by atoms with Crippen molar-refractivity contribution < 1.29 is 18.0 Å². The molecule has 2 aromatic carbocycles. The highest BCUT2D eigenvalue weighted by molar-refractivity contribution is 7.92. The van der Waals surface area contributed by atoms with Gasteiger partial charge in [0.2, 0.25) is 16.9 Å². The van der Waals surface area contributed by atoms with Gasteiger partial charge in [0.05, 0.1) is 4.90 Å². The maximum absolute atomic E-state index is 12.7. The van der Waals surface area contributed by atoms with Crippen molar-refractivity contribution >= 4 is 43.8 Å². The van der Waals surface area contributed by atoms with Crippen LogP contribution in [0.3, 0.4) is 0 Å². The standard InChI is InChI=1S/C23H24N4O4S2/c1-3-16-6-4-5-7-19(16)27-13-17(12-21(27)29)22-25-26-23(32-22)24-20(28)14-33(30,31)18-10-8-15(2)9-11-18/h4-11,17H,3,12-14H2,1-2H3,(H,24,26,28). The molecule has 0 bridgehead atoms. The normalized spacial score (nSPS) is 16.2. The van der Waals surface area contributed by atoms with Crippen molar-refractivity contribution in [1.29, 1.82) is 0 Å². The molecular formula is C23H24N4O4S2. The summed E-state index contributed by atoms with van der Waals surface area (Å²) in [4.78, 5) is 26.9. The van der Waals surface area contributed by atoms with Gasteiger partial charge in [-0.3, -0.25) is 14.9 Å². The van der Waals surface area contributed by atoms with E-state index in [-0.39, 0.29) is 21.9 Å². The van der Waals surface area contributed by atoms with E-state index in [2.05, 4.69) is 22.4 Å². The van der Waals surface area contributed by atoms with Gasteiger partial charge in [-0.15, -0.1) is 10.2 Å². The van der Waals surface area contributed by atoms with Gasteiger partial charge in [-0.05, 0) is 37.1 Å². The smallest absolute Gasteiger partial charge is 0.241 e. The van der Waals surface area contributed by atoms with E-state index in [1.54, 1.807) is 17.0 Å². The molecule has 0 aliphatic carbocycles. The second-order valence-corrected chi connectivity index (χ2v) is 11.0. The number of benzene rings is 2. The van der Waals surface area contributed by atoms with E-state index < -0.39 is 21.5 Å². The van der Waals surface area contributed by atoms with Gasteiger partial charge in [-0.25, -0.2) is 8.42 Å². The average Bonchev–Trinajstić information content (AvgIpc) is 3.40. The van der Waals surface area contributed by atoms with Crippen molar-refractivity contribution in [2.45, 2.75) is 37.5 Å². The lowest BCUT2D eigenvalue weighted by molar-refractivity contribution is -0.117. The number of rotatable bonds is 7. The molecule has 0 saturated carbocycles. The molecule has 0 radical (unpaired) electrons. The van der Waals surface area contributed by atoms with Gasteiger partial charge >= 0.3 is 0 Å². The lowest BCUT2D eigenvalue weighted by atomic mass is 10.1. The van der Waals surface area contributed by atoms with Gasteiger partial charge < -0.3 is 4.90 Å². The number of carbonyl (C=O) groups excluding carboxylic acids is 2. The van der Waals surface area contributed by atoms with E-state index >= 15 is 0 Å². The number of hydrogen-bond acceptors (Lipinski definition) is 7. The van der Waals surface area contributed by atoms with Crippen LogP contribution in [0.4, 0.5) is 10.8 Å². The molecule has 172 valence electrons. The maximum Gasteiger partial charge on any atom is 0.241 e. The summed E-state index contributed by atoms with van der Waals surface area (Å²) in [6.45, 7) is 4.39. The number of nitrogens with one attached hydrogen (secondary N) is 1. The Bertz CT molecular complexity index is 1290. The first-order valence-electron chi connectivity index (χ1n) is 10.6. The molecule has 2 amide bonds. The number of anilines is 2. The topological polar surface area (TPSA) is 109 Å². The SMILES string of the molecule is CCc1ccccc1N1CC(c2nnc(NC(=O)CS(=O)(=O)c3ccc(C)cc3)s2)CC1=O. The summed E-state index contributed by atoms with van der Waals surface area (Å²) in [5, 5.41) is 11.5. The third kappa shape index (κ3) is 5.12. The minimum Gasteiger partial charge on any atom is -0.311 e. The van der Waals surface area contributed by atoms with Gasteiger partial charge in [-0.1, -0.05) is 54.2 Å². The summed E-state index contributed by atoms with van der Waals surface area (Å²) in [5.74, 6) is -1.49. The maximum atomic E-state index is 12.7. The highest BCUT2D eigenvalue weighted by Crippen LogP contribution is 2.35. The van der Waals surface area contributed by atoms with E-state index in [9.17, 15) is 18.0 Å². The highest BCUT2D eigenvalue weighted by atomic mass is 32.2. The Morgan fingerprint density at radius 1 is 1.15 bits per heavy atom. The number of aryl methyl sites for hydroxylation is 2. The largest absolute Gasteiger partial charge is 0.311 e. The predicted octanol–water partition coefficient (Wildman–Crippen LogP) is 3.34. The summed E-state index contributed by atoms with van der Waals surface area (Å²) in [7, 11) is -3.76. The zero-order valence-electron chi connectivity index (χ0n) is 18.3. The first-order valence-corrected chi connectivity index (χ1v) is 13.0. The average molecular weight is 485 g/mol. The molecule has 1 aliphatic heterocycles. The summed E-state index contributed by atoms with van der Waals surface area (Å²) in [6, 6.07) is 14.2. The van der Waals surface area contributed by atoms with Crippen LogP contribution in [0.25, 0.3) is 0 Å². The Morgan fingerprint density at radius 3 is 2.61 bits per heavy atom. The molecule has 33 heavy (non-hydrogen) atoms. The number of amides is 2. The zero-order chi connectivity index (χ0) is 23.6. The minimum atomic E-state index is -3.76. The number of carbonyl (C=O) groups is 2. The molecular weight excluding hydrogens is 460 g/mol. The van der Waals surface area contributed by atoms with Crippen LogP contribution in [0.2, 0.25) is 0 Å². The first-order chi connectivity index (χ1) is 15.8. The van der Waals surface area contributed by atoms with Crippen LogP contribution < -0.4 is 10.2 Å². The Hall–Kier alpha value is -3.11. The molecule has 1 unspecified atom stereocenters. The van der Waals surface area contributed by atoms with E-state index in [1.165, 1.54) is 12.1 Å². The van der Waals surface area contributed by atoms with Crippen molar-refractivity contribution in [3.63, 3.8) is 0 Å². The van der Waals surface area contributed by atoms with Gasteiger partial charge in [0.1, 0.15) is 10.8 Å². The molecule has 4 rings (SSSR count). The highest BCUT2D eigenvalue weighted by Gasteiger charge is 2.34. The minimum absolute atomic E-state index is 0.0193. The van der Waals surface area contributed by atoms with Crippen LogP contribution in [0.5, 0.6) is 0 Å². The van der Waals surface area contributed by atoms with E-state index in [0.717, 1.165) is 34.6 Å². The summed E-state index contributed by atoms with van der Waals surface area (Å²) < 4.78 is 25.0. The zero-order valence-corrected chi connectivity index (χ0v) is 19.9. The number of nitrogens with zero attached hydrogens (tertiary/aromatic N) is 3. The number of sulfone groups is 1. The molecule has 1 aliphatic rings. The quantitative estimate of drug-likeness (QED) is 0.551. The molecule has 1 aromatic heterocycles. The Morgan fingerprint density at radius 2 is 1.88 bits per heavy atom. The number of aromatic nitrogens is 2. The molecule has 2 heterocycles. The van der Waals surface area contributed by atoms with Crippen LogP contribution in [0.1, 0.15) is 35.4 Å². The third-order valence-corrected chi connectivity index (χ3v) is 8.16. The summed E-state index contributed by atoms with van der Waals surface area (Å²) in [6.07, 6.45) is 1.13. The fourth-order valence-corrected chi connectivity index (χ4v) is 5.77. The fraction of sp³-hybridized carbons (Fsp3) is 0.304. The van der Waals surface area contributed by atoms with E-state index in [0.29, 0.717) is 18.0 Å². The van der Waals surface area contributed by atoms with Gasteiger partial charge in [0, 0.05) is 24.6 Å². The van der Waals surface area contributed by atoms with Crippen LogP contribution in [0, 0.1) is 6.92 Å². The van der Waals surface area contributed by atoms with Gasteiger partial charge in [0.25, 0.3) is 0 Å². The number of para-hydroxylation sites is 1. The van der Waals surface area contributed by atoms with Gasteiger partial charge in [0.15, 0.2) is 9.84 Å². The molecule has 1 fully saturated rings. The van der Waals surface area contributed by atoms with Crippen molar-refractivity contribution in [1.82, 2.24) is 10.2 Å². The Balaban J connectivity index is 1.41. The molecule has 1 N–H and O–H groups in total. The molecule has 0 spiro atoms. The molecule has 8 nitrogen and oxygen atoms in total. The van der Waals surface area contributed by atoms with Crippen molar-refractivity contribution in [3.8, 4) is 0 Å². The lowest BCUT2D eigenvalue weighted by Crippen LogP contribution is -2.25. The number of hydrogen-bond donors (Lipinski definition) is 1. The Kier molecular flexibility index (Phi) is 6.57. The fourth-order valence-electron chi connectivity index (χ4n) is 3.79. The second-order valence-electron chi connectivity index (χ2n) is 7.95. The van der Waals surface area contributed by atoms with Crippen LogP contribution in [-0.4, -0.2) is 42.7 Å². The molecule has 1 atom stereocenters. The van der Waals surface area contributed by atoms with Crippen molar-refractivity contribution in [3.05, 3.63) is 64.7 Å². The Labute approximate surface area is 196 Å². The monoisotopic (exact) mass is 484 g/mol. The molecule has 1 saturated heterocycles. The van der Waals surface area contributed by atoms with E-state index in [1.807, 2.05) is 31.2 Å². The van der Waals surface area contributed by atoms with E-state index in [4.69, 9.17) is 0 Å². The molecule has 10 heteroatoms. The third-order valence-electron chi connectivity index (χ3n) is 5.53. The summed E-state index contributed by atoms with van der Waals surface area (Å²) in [5.41, 5.74) is 2.94. The van der Waals surface area contributed by atoms with Gasteiger partial charge in [-0.2, -0.15) is 0 Å². The molecule has 3 aromatic rings. The predicted molar refractivity (Wildman–Crippen MR) is 127 cm³/mol. The van der Waals surface area contributed by atoms with Crippen LogP contribution >= 0.6 is 11.3 Å². The lowest BCUT2D eigenvalue weighted by Gasteiger charge is -2.19.